The van der Waals surface area contributed by atoms with Crippen molar-refractivity contribution in [2.75, 3.05) is 19.7 Å². The molecule has 2 N–H and O–H groups in total. The number of nitrogens with two attached hydrogens (primary N) is 1. The Balaban J connectivity index is 0.00000264. The predicted octanol–water partition coefficient (Wildman–Crippen LogP) is 3.03. The van der Waals surface area contributed by atoms with Gasteiger partial charge in [0.2, 0.25) is 5.91 Å². The monoisotopic (exact) mass is 340 g/mol. The molecule has 1 atom stereocenters. The summed E-state index contributed by atoms with van der Waals surface area (Å²) in [7, 11) is 0. The van der Waals surface area contributed by atoms with E-state index < -0.39 is 0 Å². The van der Waals surface area contributed by atoms with Crippen LogP contribution in [0, 0.1) is 5.92 Å². The highest BCUT2D eigenvalue weighted by Gasteiger charge is 2.24. The first-order valence-electron chi connectivity index (χ1n) is 8.36. The molecule has 0 radical (unpaired) electrons. The van der Waals surface area contributed by atoms with E-state index in [9.17, 15) is 4.79 Å². The summed E-state index contributed by atoms with van der Waals surface area (Å²) in [6, 6.07) is 8.02. The summed E-state index contributed by atoms with van der Waals surface area (Å²) in [5.41, 5.74) is 7.03. The lowest BCUT2D eigenvalue weighted by atomic mass is 9.90. The second kappa shape index (κ2) is 9.78. The zero-order valence-electron chi connectivity index (χ0n) is 14.2. The van der Waals surface area contributed by atoms with Crippen LogP contribution in [0.1, 0.15) is 38.7 Å². The van der Waals surface area contributed by atoms with Gasteiger partial charge in [-0.25, -0.2) is 0 Å². The SMILES string of the molecule is CCOc1ccc(CCC2CCN(C(=O)C(C)N)CC2)cc1.Cl. The molecule has 23 heavy (non-hydrogen) atoms. The summed E-state index contributed by atoms with van der Waals surface area (Å²) in [5.74, 6) is 1.74. The smallest absolute Gasteiger partial charge is 0.239 e. The highest BCUT2D eigenvalue weighted by atomic mass is 35.5. The fourth-order valence-corrected chi connectivity index (χ4v) is 3.02. The number of carbonyl (C=O) groups is 1. The van der Waals surface area contributed by atoms with Crippen molar-refractivity contribution in [1.82, 2.24) is 4.90 Å². The fourth-order valence-electron chi connectivity index (χ4n) is 3.02. The summed E-state index contributed by atoms with van der Waals surface area (Å²) in [6.07, 6.45) is 4.47. The van der Waals surface area contributed by atoms with E-state index in [2.05, 4.69) is 12.1 Å². The molecule has 1 amide bonds. The molecule has 0 spiro atoms. The third-order valence-corrected chi connectivity index (χ3v) is 4.39. The van der Waals surface area contributed by atoms with E-state index in [0.29, 0.717) is 12.5 Å². The number of likely N-dealkylation sites (tertiary alicyclic amines) is 1. The number of hydrogen-bond donors (Lipinski definition) is 1. The van der Waals surface area contributed by atoms with Crippen LogP contribution in [-0.2, 0) is 11.2 Å². The zero-order valence-corrected chi connectivity index (χ0v) is 15.0. The predicted molar refractivity (Wildman–Crippen MR) is 96.1 cm³/mol. The first-order chi connectivity index (χ1) is 10.6. The maximum absolute atomic E-state index is 11.9. The van der Waals surface area contributed by atoms with Crippen LogP contribution in [0.25, 0.3) is 0 Å². The van der Waals surface area contributed by atoms with Crippen molar-refractivity contribution in [3.63, 3.8) is 0 Å². The molecule has 2 rings (SSSR count). The van der Waals surface area contributed by atoms with Crippen molar-refractivity contribution >= 4 is 18.3 Å². The number of hydrogen-bond acceptors (Lipinski definition) is 3. The largest absolute Gasteiger partial charge is 0.494 e. The minimum atomic E-state index is -0.375. The highest BCUT2D eigenvalue weighted by Crippen LogP contribution is 2.23. The van der Waals surface area contributed by atoms with Gasteiger partial charge in [-0.1, -0.05) is 12.1 Å². The molecular weight excluding hydrogens is 312 g/mol. The summed E-state index contributed by atoms with van der Waals surface area (Å²) >= 11 is 0. The standard InChI is InChI=1S/C18H28N2O2.ClH/c1-3-22-17-8-6-15(7-9-17)4-5-16-10-12-20(13-11-16)18(21)14(2)19;/h6-9,14,16H,3-5,10-13,19H2,1-2H3;1H. The Morgan fingerprint density at radius 3 is 2.43 bits per heavy atom. The number of piperidine rings is 1. The molecule has 0 saturated carbocycles. The number of rotatable bonds is 6. The van der Waals surface area contributed by atoms with Gasteiger partial charge in [-0.05, 0) is 63.1 Å². The summed E-state index contributed by atoms with van der Waals surface area (Å²) < 4.78 is 5.46. The maximum atomic E-state index is 11.9. The molecule has 1 aliphatic rings. The number of amides is 1. The minimum absolute atomic E-state index is 0. The number of carbonyl (C=O) groups excluding carboxylic acids is 1. The quantitative estimate of drug-likeness (QED) is 0.866. The maximum Gasteiger partial charge on any atom is 0.239 e. The van der Waals surface area contributed by atoms with Crippen LogP contribution in [-0.4, -0.2) is 36.5 Å². The number of nitrogens with zero attached hydrogens (tertiary/aromatic N) is 1. The Kier molecular flexibility index (Phi) is 8.42. The Bertz CT molecular complexity index is 468. The fraction of sp³-hybridized carbons (Fsp3) is 0.611. The van der Waals surface area contributed by atoms with Crippen LogP contribution in [0.5, 0.6) is 5.75 Å². The van der Waals surface area contributed by atoms with Crippen molar-refractivity contribution in [3.8, 4) is 5.75 Å². The lowest BCUT2D eigenvalue weighted by molar-refractivity contribution is -0.133. The van der Waals surface area contributed by atoms with Crippen molar-refractivity contribution in [1.29, 1.82) is 0 Å². The molecule has 5 heteroatoms. The summed E-state index contributed by atoms with van der Waals surface area (Å²) in [6.45, 7) is 6.18. The van der Waals surface area contributed by atoms with Crippen molar-refractivity contribution in [2.24, 2.45) is 11.7 Å². The molecule has 0 aliphatic carbocycles. The number of halogens is 1. The Hall–Kier alpha value is -1.26. The van der Waals surface area contributed by atoms with Crippen LogP contribution >= 0.6 is 12.4 Å². The van der Waals surface area contributed by atoms with E-state index in [4.69, 9.17) is 10.5 Å². The molecular formula is C18H29ClN2O2. The highest BCUT2D eigenvalue weighted by molar-refractivity contribution is 5.85. The average Bonchev–Trinajstić information content (AvgIpc) is 2.54. The summed E-state index contributed by atoms with van der Waals surface area (Å²) in [5, 5.41) is 0. The average molecular weight is 341 g/mol. The Labute approximate surface area is 145 Å². The van der Waals surface area contributed by atoms with Gasteiger partial charge >= 0.3 is 0 Å². The molecule has 1 unspecified atom stereocenters. The molecule has 0 bridgehead atoms. The lowest BCUT2D eigenvalue weighted by Crippen LogP contribution is -2.45. The van der Waals surface area contributed by atoms with Crippen molar-refractivity contribution in [2.45, 2.75) is 45.6 Å². The van der Waals surface area contributed by atoms with E-state index in [1.54, 1.807) is 6.92 Å². The van der Waals surface area contributed by atoms with E-state index in [-0.39, 0.29) is 24.4 Å². The van der Waals surface area contributed by atoms with Gasteiger partial charge in [-0.2, -0.15) is 0 Å². The molecule has 1 saturated heterocycles. The second-order valence-corrected chi connectivity index (χ2v) is 6.17. The second-order valence-electron chi connectivity index (χ2n) is 6.17. The molecule has 1 aromatic carbocycles. The van der Waals surface area contributed by atoms with Gasteiger partial charge in [0.1, 0.15) is 5.75 Å². The Morgan fingerprint density at radius 2 is 1.91 bits per heavy atom. The van der Waals surface area contributed by atoms with Gasteiger partial charge in [-0.15, -0.1) is 12.4 Å². The number of ether oxygens (including phenoxy) is 1. The minimum Gasteiger partial charge on any atom is -0.494 e. The molecule has 4 nitrogen and oxygen atoms in total. The summed E-state index contributed by atoms with van der Waals surface area (Å²) in [4.78, 5) is 13.8. The first kappa shape index (κ1) is 19.8. The molecule has 1 heterocycles. The van der Waals surface area contributed by atoms with E-state index >= 15 is 0 Å². The van der Waals surface area contributed by atoms with E-state index in [1.165, 1.54) is 12.0 Å². The van der Waals surface area contributed by atoms with Gasteiger partial charge < -0.3 is 15.4 Å². The van der Waals surface area contributed by atoms with E-state index in [1.807, 2.05) is 24.0 Å². The molecule has 1 fully saturated rings. The third-order valence-electron chi connectivity index (χ3n) is 4.39. The molecule has 1 aromatic rings. The van der Waals surface area contributed by atoms with Crippen LogP contribution in [0.4, 0.5) is 0 Å². The van der Waals surface area contributed by atoms with Gasteiger partial charge in [0, 0.05) is 13.1 Å². The van der Waals surface area contributed by atoms with Crippen molar-refractivity contribution in [3.05, 3.63) is 29.8 Å². The van der Waals surface area contributed by atoms with Gasteiger partial charge in [-0.3, -0.25) is 4.79 Å². The molecule has 1 aliphatic heterocycles. The topological polar surface area (TPSA) is 55.6 Å². The number of aryl methyl sites for hydroxylation is 1. The number of benzene rings is 1. The van der Waals surface area contributed by atoms with Gasteiger partial charge in [0.25, 0.3) is 0 Å². The van der Waals surface area contributed by atoms with Crippen LogP contribution in [0.3, 0.4) is 0 Å². The molecule has 130 valence electrons. The van der Waals surface area contributed by atoms with E-state index in [0.717, 1.165) is 38.1 Å². The van der Waals surface area contributed by atoms with Gasteiger partial charge in [0.15, 0.2) is 0 Å². The van der Waals surface area contributed by atoms with Crippen molar-refractivity contribution < 1.29 is 9.53 Å². The van der Waals surface area contributed by atoms with Crippen LogP contribution in [0.15, 0.2) is 24.3 Å². The van der Waals surface area contributed by atoms with Crippen LogP contribution < -0.4 is 10.5 Å². The Morgan fingerprint density at radius 1 is 1.30 bits per heavy atom. The lowest BCUT2D eigenvalue weighted by Gasteiger charge is -2.33. The van der Waals surface area contributed by atoms with Crippen LogP contribution in [0.2, 0.25) is 0 Å². The zero-order chi connectivity index (χ0) is 15.9. The third kappa shape index (κ3) is 6.04. The normalized spacial score (nSPS) is 16.6. The van der Waals surface area contributed by atoms with Gasteiger partial charge in [0.05, 0.1) is 12.6 Å². The molecule has 0 aromatic heterocycles. The first-order valence-corrected chi connectivity index (χ1v) is 8.36.